The molecule has 3 rings (SSSR count). The number of nitrogens with zero attached hydrogens (tertiary/aromatic N) is 2. The molecule has 0 aromatic heterocycles. The lowest BCUT2D eigenvalue weighted by Crippen LogP contribution is -2.58. The highest BCUT2D eigenvalue weighted by Gasteiger charge is 2.33. The van der Waals surface area contributed by atoms with Crippen LogP contribution in [0.3, 0.4) is 0 Å². The highest BCUT2D eigenvalue weighted by molar-refractivity contribution is 5.80. The van der Waals surface area contributed by atoms with E-state index in [2.05, 4.69) is 36.2 Å². The molecule has 0 bridgehead atoms. The lowest BCUT2D eigenvalue weighted by Gasteiger charge is -2.41. The maximum Gasteiger partial charge on any atom is 0.226 e. The van der Waals surface area contributed by atoms with Crippen LogP contribution in [-0.4, -0.2) is 55.0 Å². The van der Waals surface area contributed by atoms with E-state index in [0.717, 1.165) is 38.9 Å². The van der Waals surface area contributed by atoms with Gasteiger partial charge in [-0.3, -0.25) is 4.79 Å². The molecule has 4 heteroatoms. The van der Waals surface area contributed by atoms with Crippen LogP contribution < -0.4 is 5.73 Å². The van der Waals surface area contributed by atoms with Crippen LogP contribution in [0.1, 0.15) is 17.5 Å². The van der Waals surface area contributed by atoms with Crippen LogP contribution in [0.4, 0.5) is 0 Å². The number of carbonyl (C=O) groups excluding carboxylic acids is 1. The van der Waals surface area contributed by atoms with Crippen molar-refractivity contribution in [2.24, 2.45) is 11.7 Å². The Morgan fingerprint density at radius 2 is 2.05 bits per heavy atom. The Labute approximate surface area is 126 Å². The Morgan fingerprint density at radius 1 is 1.29 bits per heavy atom. The maximum atomic E-state index is 12.9. The van der Waals surface area contributed by atoms with E-state index in [1.54, 1.807) is 0 Å². The zero-order valence-electron chi connectivity index (χ0n) is 12.8. The van der Waals surface area contributed by atoms with Crippen molar-refractivity contribution in [3.63, 3.8) is 0 Å². The van der Waals surface area contributed by atoms with Gasteiger partial charge in [0.25, 0.3) is 0 Å². The number of piperazine rings is 1. The normalized spacial score (nSPS) is 26.5. The van der Waals surface area contributed by atoms with Crippen molar-refractivity contribution in [2.45, 2.75) is 25.3 Å². The van der Waals surface area contributed by atoms with E-state index in [-0.39, 0.29) is 12.0 Å². The Bertz CT molecular complexity index is 517. The molecule has 2 atom stereocenters. The van der Waals surface area contributed by atoms with E-state index in [1.807, 2.05) is 4.90 Å². The molecule has 2 aliphatic rings. The molecule has 1 fully saturated rings. The molecule has 0 radical (unpaired) electrons. The van der Waals surface area contributed by atoms with Crippen molar-refractivity contribution in [3.05, 3.63) is 35.4 Å². The minimum absolute atomic E-state index is 0.136. The Morgan fingerprint density at radius 3 is 2.81 bits per heavy atom. The number of carbonyl (C=O) groups is 1. The summed E-state index contributed by atoms with van der Waals surface area (Å²) in [6, 6.07) is 8.69. The molecule has 1 saturated heterocycles. The molecule has 0 spiro atoms. The summed E-state index contributed by atoms with van der Waals surface area (Å²) in [4.78, 5) is 17.2. The first-order chi connectivity index (χ1) is 10.2. The van der Waals surface area contributed by atoms with Crippen molar-refractivity contribution in [1.82, 2.24) is 9.80 Å². The molecule has 114 valence electrons. The van der Waals surface area contributed by atoms with Crippen molar-refractivity contribution in [1.29, 1.82) is 0 Å². The number of likely N-dealkylation sites (N-methyl/N-ethyl adjacent to an activating group) is 1. The predicted octanol–water partition coefficient (Wildman–Crippen LogP) is 0.893. The molecule has 1 aromatic rings. The summed E-state index contributed by atoms with van der Waals surface area (Å²) in [5, 5.41) is 0. The van der Waals surface area contributed by atoms with Gasteiger partial charge >= 0.3 is 0 Å². The molecule has 1 amide bonds. The number of benzene rings is 1. The Kier molecular flexibility index (Phi) is 4.27. The second kappa shape index (κ2) is 6.16. The fourth-order valence-corrected chi connectivity index (χ4v) is 3.65. The largest absolute Gasteiger partial charge is 0.336 e. The van der Waals surface area contributed by atoms with Crippen LogP contribution >= 0.6 is 0 Å². The maximum absolute atomic E-state index is 12.9. The van der Waals surface area contributed by atoms with Gasteiger partial charge in [-0.1, -0.05) is 24.3 Å². The smallest absolute Gasteiger partial charge is 0.226 e. The number of amides is 1. The van der Waals surface area contributed by atoms with Crippen molar-refractivity contribution in [2.75, 3.05) is 33.2 Å². The second-order valence-electron chi connectivity index (χ2n) is 6.39. The number of fused-ring (bicyclic) bond motifs is 1. The van der Waals surface area contributed by atoms with Gasteiger partial charge in [0, 0.05) is 32.1 Å². The molecule has 1 heterocycles. The summed E-state index contributed by atoms with van der Waals surface area (Å²) >= 11 is 0. The average molecular weight is 287 g/mol. The standard InChI is InChI=1S/C17H25N3O/c1-19-8-9-20(16(11-18)12-19)17(21)15-7-6-13-4-2-3-5-14(13)10-15/h2-5,15-16H,6-12,18H2,1H3. The minimum Gasteiger partial charge on any atom is -0.336 e. The molecule has 0 saturated carbocycles. The molecular formula is C17H25N3O. The molecule has 1 aliphatic heterocycles. The highest BCUT2D eigenvalue weighted by atomic mass is 16.2. The summed E-state index contributed by atoms with van der Waals surface area (Å²) in [6.45, 7) is 3.21. The van der Waals surface area contributed by atoms with Gasteiger partial charge in [-0.15, -0.1) is 0 Å². The summed E-state index contributed by atoms with van der Waals surface area (Å²) in [7, 11) is 2.10. The quantitative estimate of drug-likeness (QED) is 0.879. The van der Waals surface area contributed by atoms with Crippen LogP contribution in [0, 0.1) is 5.92 Å². The second-order valence-corrected chi connectivity index (χ2v) is 6.39. The average Bonchev–Trinajstić information content (AvgIpc) is 2.53. The number of nitrogens with two attached hydrogens (primary N) is 1. The Balaban J connectivity index is 1.71. The van der Waals surface area contributed by atoms with Gasteiger partial charge in [-0.25, -0.2) is 0 Å². The molecule has 2 N–H and O–H groups in total. The van der Waals surface area contributed by atoms with E-state index in [9.17, 15) is 4.79 Å². The van der Waals surface area contributed by atoms with Crippen LogP contribution in [0.2, 0.25) is 0 Å². The van der Waals surface area contributed by atoms with Crippen LogP contribution in [0.15, 0.2) is 24.3 Å². The molecule has 4 nitrogen and oxygen atoms in total. The van der Waals surface area contributed by atoms with Gasteiger partial charge in [0.1, 0.15) is 0 Å². The number of aryl methyl sites for hydroxylation is 1. The zero-order valence-corrected chi connectivity index (χ0v) is 12.8. The van der Waals surface area contributed by atoms with Crippen LogP contribution in [0.5, 0.6) is 0 Å². The van der Waals surface area contributed by atoms with Crippen LogP contribution in [-0.2, 0) is 17.6 Å². The van der Waals surface area contributed by atoms with Gasteiger partial charge in [0.05, 0.1) is 6.04 Å². The number of hydrogen-bond acceptors (Lipinski definition) is 3. The summed E-state index contributed by atoms with van der Waals surface area (Å²) < 4.78 is 0. The molecule has 21 heavy (non-hydrogen) atoms. The molecule has 1 aliphatic carbocycles. The third-order valence-electron chi connectivity index (χ3n) is 4.94. The zero-order chi connectivity index (χ0) is 14.8. The van der Waals surface area contributed by atoms with E-state index < -0.39 is 0 Å². The van der Waals surface area contributed by atoms with Crippen molar-refractivity contribution in [3.8, 4) is 0 Å². The van der Waals surface area contributed by atoms with Crippen LogP contribution in [0.25, 0.3) is 0 Å². The molecule has 1 aromatic carbocycles. The van der Waals surface area contributed by atoms with Gasteiger partial charge in [-0.05, 0) is 37.4 Å². The lowest BCUT2D eigenvalue weighted by molar-refractivity contribution is -0.140. The fourth-order valence-electron chi connectivity index (χ4n) is 3.65. The van der Waals surface area contributed by atoms with E-state index in [1.165, 1.54) is 11.1 Å². The van der Waals surface area contributed by atoms with E-state index in [0.29, 0.717) is 12.5 Å². The summed E-state index contributed by atoms with van der Waals surface area (Å²) in [5.41, 5.74) is 8.64. The predicted molar refractivity (Wildman–Crippen MR) is 84.0 cm³/mol. The Hall–Kier alpha value is -1.39. The topological polar surface area (TPSA) is 49.6 Å². The number of hydrogen-bond donors (Lipinski definition) is 1. The number of rotatable bonds is 2. The monoisotopic (exact) mass is 287 g/mol. The SMILES string of the molecule is CN1CCN(C(=O)C2CCc3ccccc3C2)C(CN)C1. The van der Waals surface area contributed by atoms with E-state index in [4.69, 9.17) is 5.73 Å². The van der Waals surface area contributed by atoms with Crippen molar-refractivity contribution >= 4 is 5.91 Å². The van der Waals surface area contributed by atoms with Gasteiger partial charge in [0.15, 0.2) is 0 Å². The first-order valence-electron chi connectivity index (χ1n) is 7.95. The van der Waals surface area contributed by atoms with Gasteiger partial charge < -0.3 is 15.5 Å². The third kappa shape index (κ3) is 2.97. The van der Waals surface area contributed by atoms with Crippen molar-refractivity contribution < 1.29 is 4.79 Å². The first kappa shape index (κ1) is 14.5. The molecular weight excluding hydrogens is 262 g/mol. The minimum atomic E-state index is 0.136. The molecule has 2 unspecified atom stereocenters. The van der Waals surface area contributed by atoms with Gasteiger partial charge in [0.2, 0.25) is 5.91 Å². The van der Waals surface area contributed by atoms with Gasteiger partial charge in [-0.2, -0.15) is 0 Å². The third-order valence-corrected chi connectivity index (χ3v) is 4.94. The highest BCUT2D eigenvalue weighted by Crippen LogP contribution is 2.27. The lowest BCUT2D eigenvalue weighted by atomic mass is 9.83. The summed E-state index contributed by atoms with van der Waals surface area (Å²) in [6.07, 6.45) is 2.88. The fraction of sp³-hybridized carbons (Fsp3) is 0.588. The first-order valence-corrected chi connectivity index (χ1v) is 7.95. The summed E-state index contributed by atoms with van der Waals surface area (Å²) in [5.74, 6) is 0.449. The van der Waals surface area contributed by atoms with E-state index >= 15 is 0 Å².